The van der Waals surface area contributed by atoms with Crippen molar-refractivity contribution in [2.45, 2.75) is 6.42 Å². The van der Waals surface area contributed by atoms with Gasteiger partial charge in [-0.3, -0.25) is 5.10 Å². The fourth-order valence-electron chi connectivity index (χ4n) is 1.53. The Morgan fingerprint density at radius 3 is 3.35 bits per heavy atom. The second kappa shape index (κ2) is 4.14. The number of nitrogens with one attached hydrogen (secondary N) is 2. The lowest BCUT2D eigenvalue weighted by atomic mass is 10.3. The summed E-state index contributed by atoms with van der Waals surface area (Å²) >= 11 is 0. The molecule has 2 aromatic heterocycles. The Kier molecular flexibility index (Phi) is 2.35. The normalized spacial score (nSPS) is 13.5. The monoisotopic (exact) mass is 227 g/mol. The van der Waals surface area contributed by atoms with Crippen LogP contribution in [-0.2, 0) is 4.74 Å². The predicted molar refractivity (Wildman–Crippen MR) is 61.7 cm³/mol. The molecule has 0 bridgehead atoms. The minimum absolute atomic E-state index is 0.548. The van der Waals surface area contributed by atoms with E-state index in [4.69, 9.17) is 4.74 Å². The van der Waals surface area contributed by atoms with Gasteiger partial charge in [0.2, 0.25) is 0 Å². The van der Waals surface area contributed by atoms with Crippen LogP contribution in [0.3, 0.4) is 0 Å². The van der Waals surface area contributed by atoms with Gasteiger partial charge in [-0.2, -0.15) is 5.10 Å². The smallest absolute Gasteiger partial charge is 0.160 e. The standard InChI is InChI=1S/C11H9N5O/c1-2-4-17-8(3-1)5-12-10-9-6-15-16-11(9)14-7-13-10/h3,6-7H,1,5H2,(H2,12,13,14,15,16). The minimum Gasteiger partial charge on any atom is -0.410 e. The molecule has 6 heteroatoms. The Labute approximate surface area is 97.1 Å². The van der Waals surface area contributed by atoms with Crippen molar-refractivity contribution >= 4 is 16.9 Å². The fourth-order valence-corrected chi connectivity index (χ4v) is 1.53. The van der Waals surface area contributed by atoms with Gasteiger partial charge in [0, 0.05) is 6.42 Å². The van der Waals surface area contributed by atoms with Crippen LogP contribution in [0, 0.1) is 12.0 Å². The number of hydrogen-bond donors (Lipinski definition) is 2. The molecule has 1 aliphatic heterocycles. The lowest BCUT2D eigenvalue weighted by molar-refractivity contribution is 0.375. The summed E-state index contributed by atoms with van der Waals surface area (Å²) < 4.78 is 5.16. The first-order chi connectivity index (χ1) is 8.43. The van der Waals surface area contributed by atoms with Gasteiger partial charge in [0.05, 0.1) is 18.1 Å². The largest absolute Gasteiger partial charge is 0.410 e. The zero-order valence-electron chi connectivity index (χ0n) is 8.90. The molecule has 0 spiro atoms. The molecule has 0 amide bonds. The topological polar surface area (TPSA) is 75.7 Å². The third-order valence-corrected chi connectivity index (χ3v) is 2.36. The van der Waals surface area contributed by atoms with Gasteiger partial charge in [-0.1, -0.05) is 5.92 Å². The van der Waals surface area contributed by atoms with E-state index in [-0.39, 0.29) is 0 Å². The fraction of sp³-hybridized carbons (Fsp3) is 0.182. The summed E-state index contributed by atoms with van der Waals surface area (Å²) in [5.41, 5.74) is 0.709. The van der Waals surface area contributed by atoms with Crippen molar-refractivity contribution in [3.63, 3.8) is 0 Å². The van der Waals surface area contributed by atoms with Crippen LogP contribution in [0.2, 0.25) is 0 Å². The lowest BCUT2D eigenvalue weighted by Gasteiger charge is -2.08. The highest BCUT2D eigenvalue weighted by Crippen LogP contribution is 2.16. The van der Waals surface area contributed by atoms with Crippen LogP contribution in [0.15, 0.2) is 24.4 Å². The Morgan fingerprint density at radius 1 is 1.47 bits per heavy atom. The molecule has 0 saturated heterocycles. The van der Waals surface area contributed by atoms with E-state index in [0.717, 1.165) is 23.4 Å². The number of aromatic nitrogens is 4. The Bertz CT molecular complexity index is 634. The molecule has 2 N–H and O–H groups in total. The molecule has 1 aliphatic rings. The number of ether oxygens (including phenoxy) is 1. The Hall–Kier alpha value is -2.55. The van der Waals surface area contributed by atoms with Crippen molar-refractivity contribution < 1.29 is 4.74 Å². The third kappa shape index (κ3) is 1.90. The zero-order chi connectivity index (χ0) is 11.5. The maximum Gasteiger partial charge on any atom is 0.160 e. The molecule has 17 heavy (non-hydrogen) atoms. The predicted octanol–water partition coefficient (Wildman–Crippen LogP) is 1.03. The van der Waals surface area contributed by atoms with E-state index in [1.807, 2.05) is 6.08 Å². The summed E-state index contributed by atoms with van der Waals surface area (Å²) in [4.78, 5) is 8.22. The zero-order valence-corrected chi connectivity index (χ0v) is 8.90. The van der Waals surface area contributed by atoms with Gasteiger partial charge in [-0.15, -0.1) is 0 Å². The molecule has 2 aromatic rings. The number of allylic oxidation sites excluding steroid dienone is 1. The summed E-state index contributed by atoms with van der Waals surface area (Å²) in [6.07, 6.45) is 8.43. The second-order valence-corrected chi connectivity index (χ2v) is 3.46. The summed E-state index contributed by atoms with van der Waals surface area (Å²) in [7, 11) is 0. The molecule has 0 aromatic carbocycles. The van der Waals surface area contributed by atoms with E-state index < -0.39 is 0 Å². The number of anilines is 1. The van der Waals surface area contributed by atoms with Crippen molar-refractivity contribution in [1.29, 1.82) is 0 Å². The molecular formula is C11H9N5O. The van der Waals surface area contributed by atoms with Gasteiger partial charge in [0.1, 0.15) is 24.0 Å². The van der Waals surface area contributed by atoms with Crippen LogP contribution >= 0.6 is 0 Å². The lowest BCUT2D eigenvalue weighted by Crippen LogP contribution is -2.08. The third-order valence-electron chi connectivity index (χ3n) is 2.36. The van der Waals surface area contributed by atoms with Crippen molar-refractivity contribution in [3.8, 4) is 12.0 Å². The quantitative estimate of drug-likeness (QED) is 0.766. The summed E-state index contributed by atoms with van der Waals surface area (Å²) in [6, 6.07) is 0. The highest BCUT2D eigenvalue weighted by atomic mass is 16.5. The van der Waals surface area contributed by atoms with E-state index in [1.165, 1.54) is 6.33 Å². The molecule has 0 unspecified atom stereocenters. The van der Waals surface area contributed by atoms with Gasteiger partial charge < -0.3 is 10.1 Å². The van der Waals surface area contributed by atoms with Crippen molar-refractivity contribution in [3.05, 3.63) is 24.4 Å². The molecule has 6 nitrogen and oxygen atoms in total. The van der Waals surface area contributed by atoms with E-state index in [9.17, 15) is 0 Å². The first-order valence-corrected chi connectivity index (χ1v) is 5.15. The van der Waals surface area contributed by atoms with Gasteiger partial charge in [0.25, 0.3) is 0 Å². The molecule has 0 atom stereocenters. The van der Waals surface area contributed by atoms with Gasteiger partial charge in [-0.25, -0.2) is 9.97 Å². The summed E-state index contributed by atoms with van der Waals surface area (Å²) in [6.45, 7) is 0.548. The van der Waals surface area contributed by atoms with Gasteiger partial charge in [0.15, 0.2) is 5.65 Å². The number of H-pyrrole nitrogens is 1. The van der Waals surface area contributed by atoms with Crippen LogP contribution in [-0.4, -0.2) is 26.7 Å². The molecule has 3 rings (SSSR count). The molecular weight excluding hydrogens is 218 g/mol. The molecule has 0 fully saturated rings. The number of fused-ring (bicyclic) bond motifs is 1. The van der Waals surface area contributed by atoms with E-state index >= 15 is 0 Å². The second-order valence-electron chi connectivity index (χ2n) is 3.46. The van der Waals surface area contributed by atoms with Crippen LogP contribution in [0.1, 0.15) is 6.42 Å². The van der Waals surface area contributed by atoms with Crippen molar-refractivity contribution in [2.75, 3.05) is 11.9 Å². The van der Waals surface area contributed by atoms with Crippen LogP contribution < -0.4 is 5.32 Å². The number of aromatic amines is 1. The van der Waals surface area contributed by atoms with E-state index in [1.54, 1.807) is 6.20 Å². The maximum absolute atomic E-state index is 5.16. The first-order valence-electron chi connectivity index (χ1n) is 5.15. The summed E-state index contributed by atoms with van der Waals surface area (Å²) in [5.74, 6) is 4.35. The SMILES string of the molecule is C1#COC(CNc2ncnc3[nH]ncc23)=CC1. The van der Waals surface area contributed by atoms with E-state index in [0.29, 0.717) is 12.2 Å². The average molecular weight is 227 g/mol. The van der Waals surface area contributed by atoms with Gasteiger partial charge in [-0.05, 0) is 6.08 Å². The molecule has 0 saturated carbocycles. The molecule has 84 valence electrons. The van der Waals surface area contributed by atoms with Crippen LogP contribution in [0.5, 0.6) is 0 Å². The van der Waals surface area contributed by atoms with Gasteiger partial charge >= 0.3 is 0 Å². The maximum atomic E-state index is 5.16. The highest BCUT2D eigenvalue weighted by molar-refractivity contribution is 5.85. The Balaban J connectivity index is 1.77. The first kappa shape index (κ1) is 9.66. The van der Waals surface area contributed by atoms with E-state index in [2.05, 4.69) is 37.5 Å². The molecule has 3 heterocycles. The number of hydrogen-bond acceptors (Lipinski definition) is 5. The van der Waals surface area contributed by atoms with Crippen LogP contribution in [0.4, 0.5) is 5.82 Å². The average Bonchev–Trinajstić information content (AvgIpc) is 2.86. The van der Waals surface area contributed by atoms with Crippen LogP contribution in [0.25, 0.3) is 11.0 Å². The van der Waals surface area contributed by atoms with Crippen molar-refractivity contribution in [2.24, 2.45) is 0 Å². The Morgan fingerprint density at radius 2 is 2.47 bits per heavy atom. The van der Waals surface area contributed by atoms with Crippen molar-refractivity contribution in [1.82, 2.24) is 20.2 Å². The minimum atomic E-state index is 0.548. The number of nitrogens with zero attached hydrogens (tertiary/aromatic N) is 3. The number of rotatable bonds is 3. The highest BCUT2D eigenvalue weighted by Gasteiger charge is 2.06. The summed E-state index contributed by atoms with van der Waals surface area (Å²) in [5, 5.41) is 10.7. The molecule has 0 aliphatic carbocycles. The molecule has 0 radical (unpaired) electrons.